The Balaban J connectivity index is 2.31. The molecule has 0 saturated heterocycles. The minimum absolute atomic E-state index is 0.375. The molecular weight excluding hydrogens is 407 g/mol. The zero-order valence-electron chi connectivity index (χ0n) is 10.0. The summed E-state index contributed by atoms with van der Waals surface area (Å²) in [6, 6.07) is 6.32. The van der Waals surface area contributed by atoms with E-state index in [1.54, 1.807) is 12.4 Å². The van der Waals surface area contributed by atoms with Crippen LogP contribution in [0.1, 0.15) is 25.3 Å². The molecule has 3 nitrogen and oxygen atoms in total. The average Bonchev–Trinajstić information content (AvgIpc) is 2.34. The van der Waals surface area contributed by atoms with Crippen LogP contribution in [-0.2, 0) is 0 Å². The van der Waals surface area contributed by atoms with Gasteiger partial charge in [0.05, 0.1) is 0 Å². The number of hydrogen-bond donors (Lipinski definition) is 0. The Kier molecular flexibility index (Phi) is 4.55. The second-order valence-corrected chi connectivity index (χ2v) is 6.28. The lowest BCUT2D eigenvalue weighted by Crippen LogP contribution is -1.97. The van der Waals surface area contributed by atoms with Gasteiger partial charge in [0, 0.05) is 20.4 Å². The number of nitrogens with zero attached hydrogens (tertiary/aromatic N) is 2. The van der Waals surface area contributed by atoms with Crippen molar-refractivity contribution in [3.05, 3.63) is 44.2 Å². The van der Waals surface area contributed by atoms with Gasteiger partial charge in [0.2, 0.25) is 0 Å². The molecule has 0 bridgehead atoms. The maximum Gasteiger partial charge on any atom is 0.321 e. The van der Waals surface area contributed by atoms with E-state index in [1.165, 1.54) is 0 Å². The van der Waals surface area contributed by atoms with Crippen LogP contribution in [0.2, 0.25) is 0 Å². The third-order valence-electron chi connectivity index (χ3n) is 2.39. The Morgan fingerprint density at radius 1 is 1.22 bits per heavy atom. The van der Waals surface area contributed by atoms with Gasteiger partial charge in [-0.1, -0.05) is 29.8 Å². The Morgan fingerprint density at radius 2 is 1.89 bits per heavy atom. The normalized spacial score (nSPS) is 10.7. The predicted molar refractivity (Wildman–Crippen MR) is 83.1 cm³/mol. The first kappa shape index (κ1) is 13.7. The minimum Gasteiger partial charge on any atom is -0.424 e. The summed E-state index contributed by atoms with van der Waals surface area (Å²) in [5, 5.41) is 0. The summed E-state index contributed by atoms with van der Waals surface area (Å²) < 4.78 is 7.76. The van der Waals surface area contributed by atoms with Crippen LogP contribution < -0.4 is 4.74 Å². The monoisotopic (exact) mass is 418 g/mol. The second-order valence-electron chi connectivity index (χ2n) is 4.12. The van der Waals surface area contributed by atoms with Gasteiger partial charge in [-0.25, -0.2) is 9.97 Å². The van der Waals surface area contributed by atoms with Crippen molar-refractivity contribution in [2.45, 2.75) is 19.8 Å². The SMILES string of the molecule is CC(C)c1cc(Br)ccc1Oc1ncc(I)cn1. The molecule has 2 rings (SSSR count). The fraction of sp³-hybridized carbons (Fsp3) is 0.231. The first-order valence-electron chi connectivity index (χ1n) is 5.51. The van der Waals surface area contributed by atoms with E-state index in [0.29, 0.717) is 11.9 Å². The van der Waals surface area contributed by atoms with E-state index in [2.05, 4.69) is 68.4 Å². The fourth-order valence-electron chi connectivity index (χ4n) is 1.51. The molecule has 94 valence electrons. The van der Waals surface area contributed by atoms with E-state index in [1.807, 2.05) is 12.1 Å². The molecule has 0 aliphatic heterocycles. The van der Waals surface area contributed by atoms with Crippen LogP contribution in [-0.4, -0.2) is 9.97 Å². The molecule has 1 heterocycles. The van der Waals surface area contributed by atoms with Crippen LogP contribution >= 0.6 is 38.5 Å². The fourth-order valence-corrected chi connectivity index (χ4v) is 2.17. The Bertz CT molecular complexity index is 543. The molecular formula is C13H12BrIN2O. The molecule has 0 aliphatic rings. The van der Waals surface area contributed by atoms with Gasteiger partial charge in [0.25, 0.3) is 0 Å². The highest BCUT2D eigenvalue weighted by Crippen LogP contribution is 2.31. The summed E-state index contributed by atoms with van der Waals surface area (Å²) in [6.45, 7) is 4.26. The lowest BCUT2D eigenvalue weighted by Gasteiger charge is -2.12. The van der Waals surface area contributed by atoms with Crippen LogP contribution in [0.5, 0.6) is 11.8 Å². The molecule has 0 saturated carbocycles. The molecule has 0 amide bonds. The highest BCUT2D eigenvalue weighted by atomic mass is 127. The smallest absolute Gasteiger partial charge is 0.321 e. The van der Waals surface area contributed by atoms with E-state index in [0.717, 1.165) is 19.4 Å². The molecule has 0 radical (unpaired) electrons. The molecule has 0 unspecified atom stereocenters. The number of aromatic nitrogens is 2. The Morgan fingerprint density at radius 3 is 2.50 bits per heavy atom. The van der Waals surface area contributed by atoms with Gasteiger partial charge in [-0.15, -0.1) is 0 Å². The summed E-state index contributed by atoms with van der Waals surface area (Å²) in [4.78, 5) is 8.29. The van der Waals surface area contributed by atoms with Crippen LogP contribution in [0.15, 0.2) is 35.1 Å². The summed E-state index contributed by atoms with van der Waals surface area (Å²) in [7, 11) is 0. The van der Waals surface area contributed by atoms with Gasteiger partial charge in [0.15, 0.2) is 0 Å². The lowest BCUT2D eigenvalue weighted by molar-refractivity contribution is 0.433. The van der Waals surface area contributed by atoms with E-state index in [9.17, 15) is 0 Å². The van der Waals surface area contributed by atoms with Gasteiger partial charge in [-0.3, -0.25) is 0 Å². The van der Waals surface area contributed by atoms with Crippen LogP contribution in [0.4, 0.5) is 0 Å². The first-order valence-corrected chi connectivity index (χ1v) is 7.38. The summed E-state index contributed by atoms with van der Waals surface area (Å²) >= 11 is 5.63. The average molecular weight is 419 g/mol. The maximum absolute atomic E-state index is 5.73. The van der Waals surface area contributed by atoms with Gasteiger partial charge >= 0.3 is 6.01 Å². The number of ether oxygens (including phenoxy) is 1. The number of benzene rings is 1. The van der Waals surface area contributed by atoms with E-state index in [-0.39, 0.29) is 0 Å². The van der Waals surface area contributed by atoms with Crippen molar-refractivity contribution in [3.8, 4) is 11.8 Å². The first-order chi connectivity index (χ1) is 8.56. The largest absolute Gasteiger partial charge is 0.424 e. The van der Waals surface area contributed by atoms with Crippen molar-refractivity contribution in [2.24, 2.45) is 0 Å². The van der Waals surface area contributed by atoms with Gasteiger partial charge in [-0.05, 0) is 52.3 Å². The molecule has 0 N–H and O–H groups in total. The molecule has 18 heavy (non-hydrogen) atoms. The Hall–Kier alpha value is -0.690. The topological polar surface area (TPSA) is 35.0 Å². The second kappa shape index (κ2) is 5.97. The third kappa shape index (κ3) is 3.41. The van der Waals surface area contributed by atoms with Gasteiger partial charge in [0.1, 0.15) is 5.75 Å². The molecule has 0 aliphatic carbocycles. The maximum atomic E-state index is 5.73. The predicted octanol–water partition coefficient (Wildman–Crippen LogP) is 4.76. The van der Waals surface area contributed by atoms with E-state index < -0.39 is 0 Å². The molecule has 0 spiro atoms. The minimum atomic E-state index is 0.375. The number of halogens is 2. The summed E-state index contributed by atoms with van der Waals surface area (Å²) in [6.07, 6.45) is 3.47. The van der Waals surface area contributed by atoms with Crippen molar-refractivity contribution in [1.29, 1.82) is 0 Å². The molecule has 2 aromatic rings. The molecule has 1 aromatic heterocycles. The van der Waals surface area contributed by atoms with Crippen molar-refractivity contribution < 1.29 is 4.74 Å². The number of hydrogen-bond acceptors (Lipinski definition) is 3. The third-order valence-corrected chi connectivity index (χ3v) is 3.44. The standard InChI is InChI=1S/C13H12BrIN2O/c1-8(2)11-5-9(14)3-4-12(11)18-13-16-6-10(15)7-17-13/h3-8H,1-2H3. The van der Waals surface area contributed by atoms with Crippen molar-refractivity contribution >= 4 is 38.5 Å². The van der Waals surface area contributed by atoms with Crippen LogP contribution in [0, 0.1) is 3.57 Å². The van der Waals surface area contributed by atoms with Crippen molar-refractivity contribution in [1.82, 2.24) is 9.97 Å². The summed E-state index contributed by atoms with van der Waals surface area (Å²) in [5.41, 5.74) is 1.13. The highest BCUT2D eigenvalue weighted by Gasteiger charge is 2.10. The van der Waals surface area contributed by atoms with Crippen molar-refractivity contribution in [3.63, 3.8) is 0 Å². The molecule has 1 aromatic carbocycles. The van der Waals surface area contributed by atoms with Crippen molar-refractivity contribution in [2.75, 3.05) is 0 Å². The van der Waals surface area contributed by atoms with Gasteiger partial charge < -0.3 is 4.74 Å². The van der Waals surface area contributed by atoms with E-state index >= 15 is 0 Å². The van der Waals surface area contributed by atoms with Gasteiger partial charge in [-0.2, -0.15) is 0 Å². The molecule has 5 heteroatoms. The Labute approximate surface area is 128 Å². The molecule has 0 atom stereocenters. The van der Waals surface area contributed by atoms with E-state index in [4.69, 9.17) is 4.74 Å². The summed E-state index contributed by atoms with van der Waals surface area (Å²) in [5.74, 6) is 1.18. The van der Waals surface area contributed by atoms with Crippen LogP contribution in [0.3, 0.4) is 0 Å². The zero-order valence-corrected chi connectivity index (χ0v) is 13.8. The zero-order chi connectivity index (χ0) is 13.1. The highest BCUT2D eigenvalue weighted by molar-refractivity contribution is 14.1. The molecule has 0 fully saturated rings. The van der Waals surface area contributed by atoms with Crippen LogP contribution in [0.25, 0.3) is 0 Å². The quantitative estimate of drug-likeness (QED) is 0.674. The lowest BCUT2D eigenvalue weighted by atomic mass is 10.0. The number of rotatable bonds is 3.